The highest BCUT2D eigenvalue weighted by atomic mass is 79.9. The van der Waals surface area contributed by atoms with Crippen molar-refractivity contribution in [2.24, 2.45) is 5.10 Å². The molecule has 3 nitrogen and oxygen atoms in total. The van der Waals surface area contributed by atoms with E-state index in [-0.39, 0.29) is 0 Å². The maximum atomic E-state index is 4.63. The Kier molecular flexibility index (Phi) is 4.65. The molecule has 0 spiro atoms. The molecule has 2 aromatic carbocycles. The molecule has 0 bridgehead atoms. The van der Waals surface area contributed by atoms with Crippen LogP contribution in [-0.4, -0.2) is 18.2 Å². The van der Waals surface area contributed by atoms with Crippen LogP contribution in [0.25, 0.3) is 11.3 Å². The minimum atomic E-state index is 0.868. The molecular weight excluding hydrogens is 358 g/mol. The van der Waals surface area contributed by atoms with E-state index in [9.17, 15) is 0 Å². The van der Waals surface area contributed by atoms with E-state index in [0.29, 0.717) is 0 Å². The Morgan fingerprint density at radius 3 is 2.55 bits per heavy atom. The lowest BCUT2D eigenvalue weighted by molar-refractivity contribution is 1.01. The fraction of sp³-hybridized carbons (Fsp3) is 0.0588. The first-order valence-electron chi connectivity index (χ1n) is 6.76. The van der Waals surface area contributed by atoms with Crippen LogP contribution in [0.3, 0.4) is 0 Å². The Labute approximate surface area is 142 Å². The van der Waals surface area contributed by atoms with Gasteiger partial charge in [0.2, 0.25) is 5.13 Å². The van der Waals surface area contributed by atoms with Crippen LogP contribution in [0.5, 0.6) is 0 Å². The molecule has 0 fully saturated rings. The Morgan fingerprint density at radius 2 is 1.82 bits per heavy atom. The first-order chi connectivity index (χ1) is 10.7. The number of nitrogens with zero attached hydrogens (tertiary/aromatic N) is 3. The van der Waals surface area contributed by atoms with Crippen molar-refractivity contribution in [3.8, 4) is 11.3 Å². The van der Waals surface area contributed by atoms with Gasteiger partial charge in [-0.05, 0) is 17.7 Å². The predicted molar refractivity (Wildman–Crippen MR) is 97.7 cm³/mol. The van der Waals surface area contributed by atoms with Gasteiger partial charge in [-0.1, -0.05) is 58.4 Å². The highest BCUT2D eigenvalue weighted by Gasteiger charge is 2.07. The molecule has 0 saturated heterocycles. The summed E-state index contributed by atoms with van der Waals surface area (Å²) in [5, 5.41) is 9.15. The predicted octanol–water partition coefficient (Wildman–Crippen LogP) is 5.04. The maximum absolute atomic E-state index is 4.63. The molecule has 3 rings (SSSR count). The minimum absolute atomic E-state index is 0.868. The van der Waals surface area contributed by atoms with E-state index >= 15 is 0 Å². The summed E-state index contributed by atoms with van der Waals surface area (Å²) in [6, 6.07) is 18.2. The van der Waals surface area contributed by atoms with Crippen LogP contribution >= 0.6 is 27.3 Å². The first-order valence-corrected chi connectivity index (χ1v) is 8.44. The summed E-state index contributed by atoms with van der Waals surface area (Å²) in [6.45, 7) is 0. The number of hydrogen-bond donors (Lipinski definition) is 0. The fourth-order valence-corrected chi connectivity index (χ4v) is 2.93. The average molecular weight is 372 g/mol. The largest absolute Gasteiger partial charge is 0.242 e. The Hall–Kier alpha value is -1.98. The lowest BCUT2D eigenvalue weighted by atomic mass is 10.2. The zero-order chi connectivity index (χ0) is 15.4. The number of anilines is 1. The van der Waals surface area contributed by atoms with Crippen LogP contribution in [0.2, 0.25) is 0 Å². The van der Waals surface area contributed by atoms with E-state index in [2.05, 4.69) is 43.5 Å². The number of benzene rings is 2. The van der Waals surface area contributed by atoms with E-state index in [0.717, 1.165) is 26.4 Å². The van der Waals surface area contributed by atoms with E-state index in [1.807, 2.05) is 55.7 Å². The molecule has 1 heterocycles. The number of thiazole rings is 1. The molecule has 22 heavy (non-hydrogen) atoms. The van der Waals surface area contributed by atoms with Gasteiger partial charge in [0.05, 0.1) is 11.9 Å². The summed E-state index contributed by atoms with van der Waals surface area (Å²) >= 11 is 5.01. The monoisotopic (exact) mass is 371 g/mol. The highest BCUT2D eigenvalue weighted by molar-refractivity contribution is 9.10. The van der Waals surface area contributed by atoms with Crippen molar-refractivity contribution in [1.82, 2.24) is 4.98 Å². The molecule has 0 atom stereocenters. The topological polar surface area (TPSA) is 28.5 Å². The number of hydrogen-bond acceptors (Lipinski definition) is 4. The Morgan fingerprint density at radius 1 is 1.09 bits per heavy atom. The zero-order valence-electron chi connectivity index (χ0n) is 12.0. The third-order valence-corrected chi connectivity index (χ3v) is 4.52. The molecule has 0 aliphatic rings. The molecule has 3 aromatic rings. The van der Waals surface area contributed by atoms with Gasteiger partial charge in [-0.2, -0.15) is 5.10 Å². The normalized spacial score (nSPS) is 11.0. The quantitative estimate of drug-likeness (QED) is 0.474. The molecular formula is C17H14BrN3S. The zero-order valence-corrected chi connectivity index (χ0v) is 14.4. The van der Waals surface area contributed by atoms with E-state index < -0.39 is 0 Å². The van der Waals surface area contributed by atoms with Crippen LogP contribution in [0.4, 0.5) is 5.13 Å². The van der Waals surface area contributed by atoms with Gasteiger partial charge in [0.15, 0.2) is 0 Å². The third kappa shape index (κ3) is 3.61. The van der Waals surface area contributed by atoms with Gasteiger partial charge in [0.1, 0.15) is 0 Å². The first kappa shape index (κ1) is 14.9. The second-order valence-corrected chi connectivity index (χ2v) is 6.45. The summed E-state index contributed by atoms with van der Waals surface area (Å²) in [5.41, 5.74) is 3.15. The van der Waals surface area contributed by atoms with Gasteiger partial charge in [0.25, 0.3) is 0 Å². The van der Waals surface area contributed by atoms with E-state index in [4.69, 9.17) is 0 Å². The summed E-state index contributed by atoms with van der Waals surface area (Å²) < 4.78 is 1.06. The summed E-state index contributed by atoms with van der Waals surface area (Å²) in [4.78, 5) is 4.63. The minimum Gasteiger partial charge on any atom is -0.242 e. The molecule has 0 radical (unpaired) electrons. The van der Waals surface area contributed by atoms with Gasteiger partial charge in [0, 0.05) is 22.5 Å². The SMILES string of the molecule is CN(/N=C\c1ccc(Br)cc1)c1nc(-c2ccccc2)cs1. The van der Waals surface area contributed by atoms with Crippen LogP contribution in [0.1, 0.15) is 5.56 Å². The molecule has 110 valence electrons. The van der Waals surface area contributed by atoms with Gasteiger partial charge in [-0.25, -0.2) is 9.99 Å². The summed E-state index contributed by atoms with van der Waals surface area (Å²) in [7, 11) is 1.91. The Balaban J connectivity index is 1.74. The van der Waals surface area contributed by atoms with Gasteiger partial charge in [-0.15, -0.1) is 11.3 Å². The number of halogens is 1. The van der Waals surface area contributed by atoms with Crippen LogP contribution < -0.4 is 5.01 Å². The Bertz CT molecular complexity index is 766. The van der Waals surface area contributed by atoms with Gasteiger partial charge >= 0.3 is 0 Å². The third-order valence-electron chi connectivity index (χ3n) is 3.09. The highest BCUT2D eigenvalue weighted by Crippen LogP contribution is 2.26. The smallest absolute Gasteiger partial charge is 0.206 e. The average Bonchev–Trinajstić information content (AvgIpc) is 3.05. The number of aromatic nitrogens is 1. The maximum Gasteiger partial charge on any atom is 0.206 e. The van der Waals surface area contributed by atoms with Crippen molar-refractivity contribution >= 4 is 38.6 Å². The fourth-order valence-electron chi connectivity index (χ4n) is 1.91. The van der Waals surface area contributed by atoms with Crippen molar-refractivity contribution in [2.75, 3.05) is 12.1 Å². The molecule has 1 aromatic heterocycles. The molecule has 0 aliphatic heterocycles. The van der Waals surface area contributed by atoms with Crippen LogP contribution in [0, 0.1) is 0 Å². The lowest BCUT2D eigenvalue weighted by Gasteiger charge is -2.07. The summed E-state index contributed by atoms with van der Waals surface area (Å²) in [5.74, 6) is 0. The lowest BCUT2D eigenvalue weighted by Crippen LogP contribution is -2.08. The second-order valence-electron chi connectivity index (χ2n) is 4.70. The van der Waals surface area contributed by atoms with Crippen molar-refractivity contribution in [2.45, 2.75) is 0 Å². The van der Waals surface area contributed by atoms with E-state index in [1.54, 1.807) is 16.3 Å². The second kappa shape index (κ2) is 6.85. The van der Waals surface area contributed by atoms with Gasteiger partial charge < -0.3 is 0 Å². The van der Waals surface area contributed by atoms with Crippen molar-refractivity contribution in [3.63, 3.8) is 0 Å². The van der Waals surface area contributed by atoms with Crippen LogP contribution in [0.15, 0.2) is 69.6 Å². The number of hydrazone groups is 1. The molecule has 0 aliphatic carbocycles. The van der Waals surface area contributed by atoms with E-state index in [1.165, 1.54) is 0 Å². The molecule has 0 amide bonds. The van der Waals surface area contributed by atoms with Crippen molar-refractivity contribution in [3.05, 3.63) is 70.0 Å². The summed E-state index contributed by atoms with van der Waals surface area (Å²) in [6.07, 6.45) is 1.83. The van der Waals surface area contributed by atoms with Crippen molar-refractivity contribution in [1.29, 1.82) is 0 Å². The molecule has 0 unspecified atom stereocenters. The number of rotatable bonds is 4. The van der Waals surface area contributed by atoms with Crippen LogP contribution in [-0.2, 0) is 0 Å². The standard InChI is InChI=1S/C17H14BrN3S/c1-21(19-11-13-7-9-15(18)10-8-13)17-20-16(12-22-17)14-5-3-2-4-6-14/h2-12H,1H3/b19-11-. The molecule has 5 heteroatoms. The van der Waals surface area contributed by atoms with Gasteiger partial charge in [-0.3, -0.25) is 0 Å². The molecule has 0 N–H and O–H groups in total. The molecule has 0 saturated carbocycles. The van der Waals surface area contributed by atoms with Crippen molar-refractivity contribution < 1.29 is 0 Å².